The fourth-order valence-electron chi connectivity index (χ4n) is 1.29. The van der Waals surface area contributed by atoms with Gasteiger partial charge in [-0.05, 0) is 20.3 Å². The summed E-state index contributed by atoms with van der Waals surface area (Å²) in [4.78, 5) is 13.5. The zero-order chi connectivity index (χ0) is 12.4. The fraction of sp³-hybridized carbons (Fsp3) is 0.818. The second-order valence-electron chi connectivity index (χ2n) is 3.90. The van der Waals surface area contributed by atoms with Crippen LogP contribution in [-0.2, 0) is 4.79 Å². The second kappa shape index (κ2) is 9.13. The summed E-state index contributed by atoms with van der Waals surface area (Å²) < 4.78 is 0. The molecule has 0 atom stereocenters. The number of nitrogens with zero attached hydrogens (tertiary/aromatic N) is 2. The maximum absolute atomic E-state index is 11.5. The summed E-state index contributed by atoms with van der Waals surface area (Å²) in [7, 11) is 0. The van der Waals surface area contributed by atoms with Gasteiger partial charge in [0.15, 0.2) is 0 Å². The van der Waals surface area contributed by atoms with Gasteiger partial charge >= 0.3 is 0 Å². The van der Waals surface area contributed by atoms with Gasteiger partial charge in [-0.3, -0.25) is 9.69 Å². The largest absolute Gasteiger partial charge is 0.396 e. The normalized spacial score (nSPS) is 10.5. The molecule has 0 radical (unpaired) electrons. The lowest BCUT2D eigenvalue weighted by molar-refractivity contribution is -0.122. The van der Waals surface area contributed by atoms with Crippen molar-refractivity contribution in [1.29, 1.82) is 5.26 Å². The van der Waals surface area contributed by atoms with Crippen LogP contribution in [-0.4, -0.2) is 48.2 Å². The molecule has 0 bridgehead atoms. The van der Waals surface area contributed by atoms with Crippen LogP contribution in [0.15, 0.2) is 0 Å². The number of nitriles is 1. The number of hydrogen-bond donors (Lipinski definition) is 2. The molecule has 0 aliphatic heterocycles. The molecule has 0 aliphatic rings. The molecule has 92 valence electrons. The molecule has 5 heteroatoms. The van der Waals surface area contributed by atoms with Gasteiger partial charge in [0.2, 0.25) is 5.91 Å². The van der Waals surface area contributed by atoms with Gasteiger partial charge in [0.1, 0.15) is 0 Å². The van der Waals surface area contributed by atoms with Gasteiger partial charge in [0.25, 0.3) is 0 Å². The number of nitrogens with one attached hydrogen (secondary N) is 1. The highest BCUT2D eigenvalue weighted by atomic mass is 16.3. The Hall–Kier alpha value is -1.12. The molecule has 0 aromatic rings. The van der Waals surface area contributed by atoms with E-state index in [1.165, 1.54) is 0 Å². The van der Waals surface area contributed by atoms with Gasteiger partial charge in [-0.25, -0.2) is 0 Å². The maximum atomic E-state index is 11.5. The molecule has 0 saturated heterocycles. The van der Waals surface area contributed by atoms with Gasteiger partial charge in [-0.15, -0.1) is 0 Å². The number of aliphatic hydroxyl groups excluding tert-OH is 1. The molecule has 0 aliphatic carbocycles. The highest BCUT2D eigenvalue weighted by Gasteiger charge is 2.12. The summed E-state index contributed by atoms with van der Waals surface area (Å²) >= 11 is 0. The van der Waals surface area contributed by atoms with Gasteiger partial charge in [-0.2, -0.15) is 5.26 Å². The SMILES string of the molecule is CC(C)N(CCCO)CC(=O)NCCC#N. The van der Waals surface area contributed by atoms with E-state index in [4.69, 9.17) is 10.4 Å². The predicted octanol–water partition coefficient (Wildman–Crippen LogP) is 0.109. The first-order valence-corrected chi connectivity index (χ1v) is 5.60. The summed E-state index contributed by atoms with van der Waals surface area (Å²) in [5, 5.41) is 19.7. The number of carbonyl (C=O) groups is 1. The summed E-state index contributed by atoms with van der Waals surface area (Å²) in [6.07, 6.45) is 1.01. The third kappa shape index (κ3) is 7.21. The molecule has 0 unspecified atom stereocenters. The van der Waals surface area contributed by atoms with E-state index in [1.807, 2.05) is 24.8 Å². The Labute approximate surface area is 97.0 Å². The van der Waals surface area contributed by atoms with Crippen LogP contribution in [0.5, 0.6) is 0 Å². The van der Waals surface area contributed by atoms with Crippen molar-refractivity contribution in [3.63, 3.8) is 0 Å². The van der Waals surface area contributed by atoms with Crippen LogP contribution < -0.4 is 5.32 Å². The Morgan fingerprint density at radius 1 is 1.56 bits per heavy atom. The average molecular weight is 227 g/mol. The van der Waals surface area contributed by atoms with E-state index < -0.39 is 0 Å². The van der Waals surface area contributed by atoms with Gasteiger partial charge in [0.05, 0.1) is 19.0 Å². The van der Waals surface area contributed by atoms with Crippen molar-refractivity contribution >= 4 is 5.91 Å². The van der Waals surface area contributed by atoms with Crippen molar-refractivity contribution in [2.24, 2.45) is 0 Å². The molecular weight excluding hydrogens is 206 g/mol. The Kier molecular flexibility index (Phi) is 8.49. The van der Waals surface area contributed by atoms with Crippen LogP contribution in [0.25, 0.3) is 0 Å². The summed E-state index contributed by atoms with van der Waals surface area (Å²) in [6.45, 7) is 5.60. The molecule has 5 nitrogen and oxygen atoms in total. The number of carbonyl (C=O) groups excluding carboxylic acids is 1. The predicted molar refractivity (Wildman–Crippen MR) is 61.7 cm³/mol. The third-order valence-electron chi connectivity index (χ3n) is 2.24. The van der Waals surface area contributed by atoms with Crippen molar-refractivity contribution in [3.8, 4) is 6.07 Å². The summed E-state index contributed by atoms with van der Waals surface area (Å²) in [6, 6.07) is 2.24. The van der Waals surface area contributed by atoms with Crippen LogP contribution in [0.4, 0.5) is 0 Å². The van der Waals surface area contributed by atoms with Crippen molar-refractivity contribution in [2.75, 3.05) is 26.2 Å². The first-order chi connectivity index (χ1) is 7.61. The monoisotopic (exact) mass is 227 g/mol. The van der Waals surface area contributed by atoms with E-state index in [2.05, 4.69) is 5.32 Å². The van der Waals surface area contributed by atoms with E-state index in [0.717, 1.165) is 0 Å². The first kappa shape index (κ1) is 14.9. The van der Waals surface area contributed by atoms with Crippen LogP contribution in [0, 0.1) is 11.3 Å². The molecule has 0 spiro atoms. The van der Waals surface area contributed by atoms with Gasteiger partial charge < -0.3 is 10.4 Å². The summed E-state index contributed by atoms with van der Waals surface area (Å²) in [5.74, 6) is -0.0677. The molecule has 16 heavy (non-hydrogen) atoms. The molecule has 0 saturated carbocycles. The zero-order valence-corrected chi connectivity index (χ0v) is 10.1. The minimum absolute atomic E-state index is 0.0677. The van der Waals surface area contributed by atoms with Crippen molar-refractivity contribution in [3.05, 3.63) is 0 Å². The minimum atomic E-state index is -0.0677. The number of aliphatic hydroxyl groups is 1. The number of amides is 1. The molecule has 0 heterocycles. The molecule has 0 aromatic heterocycles. The van der Waals surface area contributed by atoms with E-state index in [-0.39, 0.29) is 18.6 Å². The third-order valence-corrected chi connectivity index (χ3v) is 2.24. The molecule has 2 N–H and O–H groups in total. The highest BCUT2D eigenvalue weighted by molar-refractivity contribution is 5.78. The van der Waals surface area contributed by atoms with E-state index in [9.17, 15) is 4.79 Å². The van der Waals surface area contributed by atoms with Crippen LogP contribution in [0.3, 0.4) is 0 Å². The minimum Gasteiger partial charge on any atom is -0.396 e. The van der Waals surface area contributed by atoms with E-state index in [0.29, 0.717) is 32.5 Å². The lowest BCUT2D eigenvalue weighted by Crippen LogP contribution is -2.41. The standard InChI is InChI=1S/C11H21N3O2/c1-10(2)14(7-4-8-15)9-11(16)13-6-3-5-12/h10,15H,3-4,6-9H2,1-2H3,(H,13,16). The molecular formula is C11H21N3O2. The maximum Gasteiger partial charge on any atom is 0.234 e. The number of hydrogen-bond acceptors (Lipinski definition) is 4. The van der Waals surface area contributed by atoms with Crippen LogP contribution in [0.1, 0.15) is 26.7 Å². The average Bonchev–Trinajstić information content (AvgIpc) is 2.24. The topological polar surface area (TPSA) is 76.4 Å². The number of rotatable bonds is 8. The molecule has 1 amide bonds. The highest BCUT2D eigenvalue weighted by Crippen LogP contribution is 1.98. The van der Waals surface area contributed by atoms with Crippen molar-refractivity contribution in [1.82, 2.24) is 10.2 Å². The Morgan fingerprint density at radius 2 is 2.25 bits per heavy atom. The zero-order valence-electron chi connectivity index (χ0n) is 10.1. The second-order valence-corrected chi connectivity index (χ2v) is 3.90. The Bertz CT molecular complexity index is 236. The van der Waals surface area contributed by atoms with Crippen molar-refractivity contribution in [2.45, 2.75) is 32.7 Å². The van der Waals surface area contributed by atoms with Gasteiger partial charge in [-0.1, -0.05) is 0 Å². The molecule has 0 aromatic carbocycles. The van der Waals surface area contributed by atoms with Crippen LogP contribution in [0.2, 0.25) is 0 Å². The van der Waals surface area contributed by atoms with Crippen molar-refractivity contribution < 1.29 is 9.90 Å². The first-order valence-electron chi connectivity index (χ1n) is 5.60. The quantitative estimate of drug-likeness (QED) is 0.577. The molecule has 0 fully saturated rings. The van der Waals surface area contributed by atoms with E-state index in [1.54, 1.807) is 0 Å². The lowest BCUT2D eigenvalue weighted by Gasteiger charge is -2.25. The summed E-state index contributed by atoms with van der Waals surface area (Å²) in [5.41, 5.74) is 0. The molecule has 0 rings (SSSR count). The fourth-order valence-corrected chi connectivity index (χ4v) is 1.29. The lowest BCUT2D eigenvalue weighted by atomic mass is 10.3. The van der Waals surface area contributed by atoms with E-state index >= 15 is 0 Å². The van der Waals surface area contributed by atoms with Crippen LogP contribution >= 0.6 is 0 Å². The smallest absolute Gasteiger partial charge is 0.234 e. The Morgan fingerprint density at radius 3 is 2.75 bits per heavy atom. The van der Waals surface area contributed by atoms with Gasteiger partial charge in [0, 0.05) is 25.7 Å². The Balaban J connectivity index is 3.89.